The van der Waals surface area contributed by atoms with E-state index in [-0.39, 0.29) is 6.10 Å². The molecule has 0 spiro atoms. The van der Waals surface area contributed by atoms with Crippen molar-refractivity contribution in [1.29, 1.82) is 0 Å². The number of anilines is 1. The summed E-state index contributed by atoms with van der Waals surface area (Å²) in [4.78, 5) is 11.2. The number of ether oxygens (including phenoxy) is 1. The van der Waals surface area contributed by atoms with Crippen LogP contribution in [-0.4, -0.2) is 42.3 Å². The van der Waals surface area contributed by atoms with Gasteiger partial charge < -0.3 is 15.0 Å². The molecule has 1 N–H and O–H groups in total. The van der Waals surface area contributed by atoms with E-state index in [4.69, 9.17) is 4.74 Å². The first-order valence-electron chi connectivity index (χ1n) is 7.42. The number of rotatable bonds is 5. The summed E-state index contributed by atoms with van der Waals surface area (Å²) in [5.41, 5.74) is 1.12. The van der Waals surface area contributed by atoms with Crippen molar-refractivity contribution in [2.24, 2.45) is 5.92 Å². The van der Waals surface area contributed by atoms with Crippen molar-refractivity contribution in [3.8, 4) is 0 Å². The highest BCUT2D eigenvalue weighted by Crippen LogP contribution is 2.22. The van der Waals surface area contributed by atoms with Crippen molar-refractivity contribution < 1.29 is 4.74 Å². The van der Waals surface area contributed by atoms with Crippen LogP contribution >= 0.6 is 0 Å². The Labute approximate surface area is 121 Å². The van der Waals surface area contributed by atoms with Crippen LogP contribution in [0.4, 0.5) is 5.95 Å². The molecule has 2 rings (SSSR count). The summed E-state index contributed by atoms with van der Waals surface area (Å²) < 4.78 is 5.54. The van der Waals surface area contributed by atoms with Gasteiger partial charge in [-0.1, -0.05) is 20.8 Å². The Hall–Kier alpha value is -1.20. The third-order valence-corrected chi connectivity index (χ3v) is 3.88. The number of nitrogens with zero attached hydrogens (tertiary/aromatic N) is 3. The smallest absolute Gasteiger partial charge is 0.225 e. The second kappa shape index (κ2) is 6.99. The summed E-state index contributed by atoms with van der Waals surface area (Å²) in [6.07, 6.45) is 5.22. The van der Waals surface area contributed by atoms with Crippen molar-refractivity contribution in [3.63, 3.8) is 0 Å². The summed E-state index contributed by atoms with van der Waals surface area (Å²) >= 11 is 0. The molecule has 5 heteroatoms. The summed E-state index contributed by atoms with van der Waals surface area (Å²) in [6.45, 7) is 9.21. The van der Waals surface area contributed by atoms with E-state index >= 15 is 0 Å². The molecule has 0 amide bonds. The Morgan fingerprint density at radius 2 is 2.10 bits per heavy atom. The average Bonchev–Trinajstić information content (AvgIpc) is 2.46. The van der Waals surface area contributed by atoms with Gasteiger partial charge in [0.15, 0.2) is 0 Å². The lowest BCUT2D eigenvalue weighted by molar-refractivity contribution is 0.0494. The molecule has 2 unspecified atom stereocenters. The van der Waals surface area contributed by atoms with Gasteiger partial charge in [0.05, 0.1) is 6.10 Å². The van der Waals surface area contributed by atoms with Crippen molar-refractivity contribution in [2.75, 3.05) is 25.1 Å². The summed E-state index contributed by atoms with van der Waals surface area (Å²) in [6, 6.07) is 0.473. The van der Waals surface area contributed by atoms with E-state index in [0.29, 0.717) is 12.0 Å². The van der Waals surface area contributed by atoms with Gasteiger partial charge in [0.25, 0.3) is 0 Å². The zero-order chi connectivity index (χ0) is 14.5. The van der Waals surface area contributed by atoms with Crippen LogP contribution in [0, 0.1) is 5.92 Å². The molecule has 1 saturated heterocycles. The normalized spacial score (nSPS) is 23.4. The molecular formula is C15H26N4O. The van der Waals surface area contributed by atoms with E-state index in [1.54, 1.807) is 7.11 Å². The second-order valence-electron chi connectivity index (χ2n) is 5.91. The number of piperidine rings is 1. The van der Waals surface area contributed by atoms with Crippen LogP contribution in [0.15, 0.2) is 12.4 Å². The standard InChI is InChI=1S/C15H26N4O/c1-11(2)16-7-13-8-17-15(18-9-13)19-6-5-12(3)14(10-19)20-4/h8-9,11-12,14,16H,5-7,10H2,1-4H3. The van der Waals surface area contributed by atoms with E-state index in [1.807, 2.05) is 12.4 Å². The topological polar surface area (TPSA) is 50.3 Å². The molecule has 0 saturated carbocycles. The Morgan fingerprint density at radius 3 is 2.70 bits per heavy atom. The Kier molecular flexibility index (Phi) is 5.31. The van der Waals surface area contributed by atoms with Crippen molar-refractivity contribution in [3.05, 3.63) is 18.0 Å². The highest BCUT2D eigenvalue weighted by Gasteiger charge is 2.27. The minimum Gasteiger partial charge on any atom is -0.379 e. The van der Waals surface area contributed by atoms with Crippen molar-refractivity contribution in [2.45, 2.75) is 45.9 Å². The van der Waals surface area contributed by atoms with Crippen molar-refractivity contribution in [1.82, 2.24) is 15.3 Å². The fourth-order valence-electron chi connectivity index (χ4n) is 2.45. The summed E-state index contributed by atoms with van der Waals surface area (Å²) in [5, 5.41) is 3.37. The predicted molar refractivity (Wildman–Crippen MR) is 80.8 cm³/mol. The molecule has 0 bridgehead atoms. The van der Waals surface area contributed by atoms with E-state index in [2.05, 4.69) is 41.0 Å². The van der Waals surface area contributed by atoms with E-state index < -0.39 is 0 Å². The maximum atomic E-state index is 5.54. The minimum atomic E-state index is 0.273. The lowest BCUT2D eigenvalue weighted by Gasteiger charge is -2.36. The lowest BCUT2D eigenvalue weighted by Crippen LogP contribution is -2.44. The molecule has 0 aromatic carbocycles. The molecule has 2 heterocycles. The van der Waals surface area contributed by atoms with Crippen LogP contribution in [0.5, 0.6) is 0 Å². The van der Waals surface area contributed by atoms with E-state index in [1.165, 1.54) is 0 Å². The molecule has 5 nitrogen and oxygen atoms in total. The van der Waals surface area contributed by atoms with Gasteiger partial charge in [-0.05, 0) is 12.3 Å². The molecule has 1 aromatic heterocycles. The molecule has 1 aliphatic rings. The molecular weight excluding hydrogens is 252 g/mol. The van der Waals surface area contributed by atoms with Gasteiger partial charge in [-0.3, -0.25) is 0 Å². The van der Waals surface area contributed by atoms with Gasteiger partial charge in [0.1, 0.15) is 0 Å². The Balaban J connectivity index is 1.96. The molecule has 112 valence electrons. The molecule has 0 aliphatic carbocycles. The molecule has 0 radical (unpaired) electrons. The molecule has 1 aliphatic heterocycles. The van der Waals surface area contributed by atoms with E-state index in [0.717, 1.165) is 37.6 Å². The number of nitrogens with one attached hydrogen (secondary N) is 1. The average molecular weight is 278 g/mol. The van der Waals surface area contributed by atoms with E-state index in [9.17, 15) is 0 Å². The van der Waals surface area contributed by atoms with Gasteiger partial charge >= 0.3 is 0 Å². The highest BCUT2D eigenvalue weighted by molar-refractivity contribution is 5.31. The third-order valence-electron chi connectivity index (χ3n) is 3.88. The summed E-state index contributed by atoms with van der Waals surface area (Å²) in [5.74, 6) is 1.41. The van der Waals surface area contributed by atoms with Gasteiger partial charge in [0, 0.05) is 50.7 Å². The first-order valence-corrected chi connectivity index (χ1v) is 7.42. The van der Waals surface area contributed by atoms with Crippen LogP contribution in [-0.2, 0) is 11.3 Å². The quantitative estimate of drug-likeness (QED) is 0.890. The fourth-order valence-corrected chi connectivity index (χ4v) is 2.45. The lowest BCUT2D eigenvalue weighted by atomic mass is 9.96. The van der Waals surface area contributed by atoms with Crippen LogP contribution in [0.2, 0.25) is 0 Å². The number of hydrogen-bond acceptors (Lipinski definition) is 5. The largest absolute Gasteiger partial charge is 0.379 e. The zero-order valence-electron chi connectivity index (χ0n) is 13.0. The monoisotopic (exact) mass is 278 g/mol. The molecule has 2 atom stereocenters. The van der Waals surface area contributed by atoms with Crippen molar-refractivity contribution >= 4 is 5.95 Å². The first kappa shape index (κ1) is 15.2. The third kappa shape index (κ3) is 3.90. The maximum Gasteiger partial charge on any atom is 0.225 e. The SMILES string of the molecule is COC1CN(c2ncc(CNC(C)C)cn2)CCC1C. The van der Waals surface area contributed by atoms with Gasteiger partial charge in [0.2, 0.25) is 5.95 Å². The number of methoxy groups -OCH3 is 1. The fraction of sp³-hybridized carbons (Fsp3) is 0.733. The van der Waals surface area contributed by atoms with Gasteiger partial charge in [-0.25, -0.2) is 9.97 Å². The molecule has 1 aromatic rings. The van der Waals surface area contributed by atoms with Gasteiger partial charge in [-0.15, -0.1) is 0 Å². The number of aromatic nitrogens is 2. The zero-order valence-corrected chi connectivity index (χ0v) is 13.0. The number of hydrogen-bond donors (Lipinski definition) is 1. The highest BCUT2D eigenvalue weighted by atomic mass is 16.5. The molecule has 1 fully saturated rings. The predicted octanol–water partition coefficient (Wildman–Crippen LogP) is 1.84. The first-order chi connectivity index (χ1) is 9.60. The Bertz CT molecular complexity index is 407. The maximum absolute atomic E-state index is 5.54. The second-order valence-corrected chi connectivity index (χ2v) is 5.91. The minimum absolute atomic E-state index is 0.273. The molecule has 20 heavy (non-hydrogen) atoms. The van der Waals surface area contributed by atoms with Crippen LogP contribution in [0.25, 0.3) is 0 Å². The van der Waals surface area contributed by atoms with Crippen LogP contribution in [0.1, 0.15) is 32.8 Å². The Morgan fingerprint density at radius 1 is 1.40 bits per heavy atom. The van der Waals surface area contributed by atoms with Crippen LogP contribution < -0.4 is 10.2 Å². The van der Waals surface area contributed by atoms with Crippen LogP contribution in [0.3, 0.4) is 0 Å². The van der Waals surface area contributed by atoms with Gasteiger partial charge in [-0.2, -0.15) is 0 Å². The summed E-state index contributed by atoms with van der Waals surface area (Å²) in [7, 11) is 1.78.